The van der Waals surface area contributed by atoms with Crippen molar-refractivity contribution in [2.24, 2.45) is 11.8 Å². The summed E-state index contributed by atoms with van der Waals surface area (Å²) >= 11 is 0. The summed E-state index contributed by atoms with van der Waals surface area (Å²) in [7, 11) is 0. The molecule has 0 radical (unpaired) electrons. The van der Waals surface area contributed by atoms with Gasteiger partial charge < -0.3 is 14.5 Å². The number of nitrogens with zero attached hydrogens (tertiary/aromatic N) is 2. The van der Waals surface area contributed by atoms with Gasteiger partial charge in [-0.05, 0) is 55.9 Å². The van der Waals surface area contributed by atoms with E-state index < -0.39 is 11.9 Å². The average Bonchev–Trinajstić information content (AvgIpc) is 3.21. The summed E-state index contributed by atoms with van der Waals surface area (Å²) in [6.07, 6.45) is 15.8. The number of amides is 3. The molecule has 0 aromatic heterocycles. The van der Waals surface area contributed by atoms with Crippen molar-refractivity contribution in [1.29, 1.82) is 0 Å². The molecule has 1 aromatic carbocycles. The highest BCUT2D eigenvalue weighted by atomic mass is 16.5. The van der Waals surface area contributed by atoms with Crippen molar-refractivity contribution in [3.63, 3.8) is 0 Å². The zero-order valence-electron chi connectivity index (χ0n) is 21.6. The first-order valence-electron chi connectivity index (χ1n) is 13.4. The number of ether oxygens (including phenoxy) is 1. The van der Waals surface area contributed by atoms with E-state index in [1.54, 1.807) is 11.0 Å². The van der Waals surface area contributed by atoms with E-state index in [0.717, 1.165) is 31.5 Å². The van der Waals surface area contributed by atoms with Gasteiger partial charge in [0.1, 0.15) is 11.8 Å². The lowest BCUT2D eigenvalue weighted by atomic mass is 9.87. The lowest BCUT2D eigenvalue weighted by molar-refractivity contribution is -0.136. The Morgan fingerprint density at radius 2 is 2.03 bits per heavy atom. The zero-order chi connectivity index (χ0) is 25.9. The van der Waals surface area contributed by atoms with E-state index in [1.165, 1.54) is 11.3 Å². The van der Waals surface area contributed by atoms with Crippen molar-refractivity contribution in [1.82, 2.24) is 15.1 Å². The average molecular weight is 502 g/mol. The summed E-state index contributed by atoms with van der Waals surface area (Å²) in [5.74, 6) is 0.870. The topological polar surface area (TPSA) is 79.0 Å². The molecule has 1 aromatic rings. The molecule has 0 bridgehead atoms. The fourth-order valence-electron chi connectivity index (χ4n) is 5.74. The van der Waals surface area contributed by atoms with E-state index in [1.807, 2.05) is 12.1 Å². The van der Waals surface area contributed by atoms with Gasteiger partial charge >= 0.3 is 0 Å². The van der Waals surface area contributed by atoms with Gasteiger partial charge in [0.2, 0.25) is 11.8 Å². The van der Waals surface area contributed by atoms with Gasteiger partial charge in [-0.15, -0.1) is 0 Å². The molecule has 3 amide bonds. The van der Waals surface area contributed by atoms with Gasteiger partial charge in [0.05, 0.1) is 13.2 Å². The first kappa shape index (κ1) is 25.1. The van der Waals surface area contributed by atoms with Gasteiger partial charge in [-0.25, -0.2) is 0 Å². The molecule has 2 saturated heterocycles. The number of nitrogens with one attached hydrogen (secondary N) is 1. The van der Waals surface area contributed by atoms with Crippen molar-refractivity contribution in [2.75, 3.05) is 19.7 Å². The zero-order valence-corrected chi connectivity index (χ0v) is 21.6. The van der Waals surface area contributed by atoms with Gasteiger partial charge in [-0.3, -0.25) is 19.7 Å². The Kier molecular flexibility index (Phi) is 7.31. The molecule has 7 heteroatoms. The number of piperidine rings is 1. The monoisotopic (exact) mass is 501 g/mol. The highest BCUT2D eigenvalue weighted by molar-refractivity contribution is 6.05. The molecule has 5 rings (SSSR count). The number of hydrogen-bond donors (Lipinski definition) is 1. The number of carbonyl (C=O) groups is 3. The van der Waals surface area contributed by atoms with Crippen LogP contribution in [0.4, 0.5) is 0 Å². The number of allylic oxidation sites excluding steroid dienone is 7. The summed E-state index contributed by atoms with van der Waals surface area (Å²) in [6.45, 7) is 7.23. The molecule has 2 atom stereocenters. The molecular formula is C30H35N3O4. The molecule has 37 heavy (non-hydrogen) atoms. The number of rotatable bonds is 8. The summed E-state index contributed by atoms with van der Waals surface area (Å²) in [5.41, 5.74) is 4.12. The molecule has 0 spiro atoms. The lowest BCUT2D eigenvalue weighted by Gasteiger charge is -2.43. The first-order valence-corrected chi connectivity index (χ1v) is 13.4. The van der Waals surface area contributed by atoms with Crippen molar-refractivity contribution >= 4 is 17.7 Å². The minimum Gasteiger partial charge on any atom is -0.493 e. The van der Waals surface area contributed by atoms with Crippen LogP contribution in [0.3, 0.4) is 0 Å². The Morgan fingerprint density at radius 3 is 2.78 bits per heavy atom. The summed E-state index contributed by atoms with van der Waals surface area (Å²) < 4.78 is 6.18. The maximum atomic E-state index is 13.0. The Morgan fingerprint density at radius 1 is 1.19 bits per heavy atom. The highest BCUT2D eigenvalue weighted by Crippen LogP contribution is 2.35. The van der Waals surface area contributed by atoms with E-state index in [0.29, 0.717) is 42.7 Å². The van der Waals surface area contributed by atoms with Gasteiger partial charge in [0, 0.05) is 42.3 Å². The molecule has 0 saturated carbocycles. The normalized spacial score (nSPS) is 25.0. The standard InChI is InChI=1S/C30H35N3O4/c1-3-8-25(22-10-6-5-9-21(22)4-2)32-17-20(18-32)15-16-37-27-12-7-11-23-24(27)19-33(30(23)36)26-13-14-28(34)31-29(26)35/h3,5-12,20-21,26H,4,13-19H2,1-2H3,(H,31,34,35)/b8-3-,25-22+. The van der Waals surface area contributed by atoms with E-state index in [-0.39, 0.29) is 18.2 Å². The fourth-order valence-corrected chi connectivity index (χ4v) is 5.74. The number of carbonyl (C=O) groups excluding carboxylic acids is 3. The second-order valence-electron chi connectivity index (χ2n) is 10.2. The van der Waals surface area contributed by atoms with Crippen LogP contribution in [0.2, 0.25) is 0 Å². The van der Waals surface area contributed by atoms with E-state index in [4.69, 9.17) is 4.74 Å². The number of likely N-dealkylation sites (tertiary alicyclic amines) is 1. The van der Waals surface area contributed by atoms with Crippen LogP contribution in [-0.2, 0) is 16.1 Å². The fraction of sp³-hybridized carbons (Fsp3) is 0.433. The Balaban J connectivity index is 1.17. The maximum Gasteiger partial charge on any atom is 0.255 e. The first-order chi connectivity index (χ1) is 18.0. The second-order valence-corrected chi connectivity index (χ2v) is 10.2. The molecule has 4 aliphatic rings. The van der Waals surface area contributed by atoms with Crippen LogP contribution in [0.15, 0.2) is 65.9 Å². The molecular weight excluding hydrogens is 466 g/mol. The lowest BCUT2D eigenvalue weighted by Crippen LogP contribution is -2.52. The van der Waals surface area contributed by atoms with Crippen LogP contribution in [0.1, 0.15) is 55.5 Å². The third kappa shape index (κ3) is 4.99. The SMILES string of the molecule is C/C=C\C(=C1\C=CC=CC1CC)N1CC(CCOc2cccc3c2CN(C2CCC(=O)NC2=O)C3=O)C1. The predicted octanol–water partition coefficient (Wildman–Crippen LogP) is 4.13. The highest BCUT2D eigenvalue weighted by Gasteiger charge is 2.40. The molecule has 2 fully saturated rings. The Bertz CT molecular complexity index is 1210. The Hall–Kier alpha value is -3.61. The second kappa shape index (κ2) is 10.8. The summed E-state index contributed by atoms with van der Waals surface area (Å²) in [5, 5.41) is 2.35. The number of hydrogen-bond acceptors (Lipinski definition) is 5. The minimum absolute atomic E-state index is 0.175. The van der Waals surface area contributed by atoms with E-state index in [2.05, 4.69) is 60.5 Å². The molecule has 194 valence electrons. The smallest absolute Gasteiger partial charge is 0.255 e. The molecule has 1 aliphatic carbocycles. The summed E-state index contributed by atoms with van der Waals surface area (Å²) in [4.78, 5) is 40.9. The quantitative estimate of drug-likeness (QED) is 0.542. The Labute approximate surface area is 218 Å². The van der Waals surface area contributed by atoms with E-state index >= 15 is 0 Å². The van der Waals surface area contributed by atoms with Crippen molar-refractivity contribution in [2.45, 2.75) is 52.1 Å². The van der Waals surface area contributed by atoms with Crippen molar-refractivity contribution < 1.29 is 19.1 Å². The molecule has 7 nitrogen and oxygen atoms in total. The third-order valence-electron chi connectivity index (χ3n) is 7.81. The van der Waals surface area contributed by atoms with Crippen LogP contribution < -0.4 is 10.1 Å². The minimum atomic E-state index is -0.617. The maximum absolute atomic E-state index is 13.0. The van der Waals surface area contributed by atoms with Crippen molar-refractivity contribution in [3.8, 4) is 5.75 Å². The van der Waals surface area contributed by atoms with Gasteiger partial charge in [-0.2, -0.15) is 0 Å². The van der Waals surface area contributed by atoms with Crippen molar-refractivity contribution in [3.05, 3.63) is 77.1 Å². The third-order valence-corrected chi connectivity index (χ3v) is 7.81. The number of fused-ring (bicyclic) bond motifs is 1. The molecule has 3 heterocycles. The van der Waals surface area contributed by atoms with Crippen LogP contribution in [0.25, 0.3) is 0 Å². The largest absolute Gasteiger partial charge is 0.493 e. The number of imide groups is 1. The molecule has 2 unspecified atom stereocenters. The van der Waals surface area contributed by atoms with Gasteiger partial charge in [0.15, 0.2) is 0 Å². The number of benzene rings is 1. The van der Waals surface area contributed by atoms with Gasteiger partial charge in [-0.1, -0.05) is 43.4 Å². The van der Waals surface area contributed by atoms with Crippen LogP contribution in [-0.4, -0.2) is 53.3 Å². The van der Waals surface area contributed by atoms with Gasteiger partial charge in [0.25, 0.3) is 5.91 Å². The summed E-state index contributed by atoms with van der Waals surface area (Å²) in [6, 6.07) is 4.90. The van der Waals surface area contributed by atoms with Crippen LogP contribution in [0.5, 0.6) is 5.75 Å². The molecule has 3 aliphatic heterocycles. The van der Waals surface area contributed by atoms with E-state index in [9.17, 15) is 14.4 Å². The molecule has 1 N–H and O–H groups in total. The van der Waals surface area contributed by atoms with Crippen LogP contribution >= 0.6 is 0 Å². The predicted molar refractivity (Wildman–Crippen MR) is 142 cm³/mol. The van der Waals surface area contributed by atoms with Crippen LogP contribution in [0, 0.1) is 11.8 Å².